The van der Waals surface area contributed by atoms with Crippen LogP contribution in [-0.2, 0) is 9.59 Å². The molecular weight excluding hydrogens is 283 g/mol. The van der Waals surface area contributed by atoms with Crippen molar-refractivity contribution in [2.75, 3.05) is 4.90 Å². The van der Waals surface area contributed by atoms with Gasteiger partial charge in [-0.25, -0.2) is 18.1 Å². The number of amides is 2. The molecule has 4 rings (SSSR count). The molecule has 1 heterocycles. The van der Waals surface area contributed by atoms with E-state index in [4.69, 9.17) is 0 Å². The van der Waals surface area contributed by atoms with Crippen LogP contribution in [0.1, 0.15) is 6.42 Å². The Morgan fingerprint density at radius 3 is 2.05 bits per heavy atom. The van der Waals surface area contributed by atoms with Crippen LogP contribution >= 0.6 is 0 Å². The van der Waals surface area contributed by atoms with Crippen molar-refractivity contribution in [2.24, 2.45) is 23.7 Å². The minimum atomic E-state index is -1.67. The molecule has 1 aromatic carbocycles. The molecule has 4 atom stereocenters. The third kappa shape index (κ3) is 1.45. The number of fused-ring (bicyclic) bond motifs is 5. The van der Waals surface area contributed by atoms with E-state index in [2.05, 4.69) is 0 Å². The van der Waals surface area contributed by atoms with E-state index in [0.717, 1.165) is 18.6 Å². The molecule has 0 unspecified atom stereocenters. The largest absolute Gasteiger partial charge is 0.274 e. The van der Waals surface area contributed by atoms with Crippen molar-refractivity contribution in [3.05, 3.63) is 41.7 Å². The van der Waals surface area contributed by atoms with Gasteiger partial charge in [0.1, 0.15) is 0 Å². The first-order valence-electron chi connectivity index (χ1n) is 6.70. The minimum absolute atomic E-state index is 0.0187. The fraction of sp³-hybridized carbons (Fsp3) is 0.333. The average Bonchev–Trinajstić information content (AvgIpc) is 3.13. The van der Waals surface area contributed by atoms with Gasteiger partial charge in [0.2, 0.25) is 11.8 Å². The highest BCUT2D eigenvalue weighted by Crippen LogP contribution is 2.53. The van der Waals surface area contributed by atoms with E-state index in [0.29, 0.717) is 4.90 Å². The number of hydrogen-bond donors (Lipinski definition) is 0. The summed E-state index contributed by atoms with van der Waals surface area (Å²) in [5, 5.41) is 0. The number of carbonyl (C=O) groups excluding carboxylic acids is 2. The summed E-state index contributed by atoms with van der Waals surface area (Å²) in [4.78, 5) is 25.5. The van der Waals surface area contributed by atoms with Gasteiger partial charge in [0.05, 0.1) is 17.5 Å². The summed E-state index contributed by atoms with van der Waals surface area (Å²) in [7, 11) is 0. The molecular formula is C15H10F3NO2. The van der Waals surface area contributed by atoms with E-state index in [1.807, 2.05) is 12.2 Å². The SMILES string of the molecule is O=C1[C@@H]2[C@H](C(=O)N1c1ccc(F)c(F)c1F)[C@@H]1C=C[C@H]2C1. The predicted molar refractivity (Wildman–Crippen MR) is 66.5 cm³/mol. The highest BCUT2D eigenvalue weighted by Gasteiger charge is 2.60. The molecule has 0 radical (unpaired) electrons. The second-order valence-corrected chi connectivity index (χ2v) is 5.71. The summed E-state index contributed by atoms with van der Waals surface area (Å²) in [6, 6.07) is 1.65. The Labute approximate surface area is 118 Å². The maximum atomic E-state index is 13.9. The first-order valence-corrected chi connectivity index (χ1v) is 6.70. The molecule has 108 valence electrons. The number of halogens is 3. The highest BCUT2D eigenvalue weighted by molar-refractivity contribution is 6.22. The van der Waals surface area contributed by atoms with Crippen LogP contribution in [0.3, 0.4) is 0 Å². The monoisotopic (exact) mass is 293 g/mol. The summed E-state index contributed by atoms with van der Waals surface area (Å²) in [6.45, 7) is 0. The van der Waals surface area contributed by atoms with Gasteiger partial charge in [0.15, 0.2) is 17.5 Å². The molecule has 2 aliphatic carbocycles. The molecule has 2 amide bonds. The molecule has 6 heteroatoms. The smallest absolute Gasteiger partial charge is 0.238 e. The molecule has 1 aromatic rings. The number of rotatable bonds is 1. The van der Waals surface area contributed by atoms with Gasteiger partial charge in [-0.1, -0.05) is 12.2 Å². The van der Waals surface area contributed by atoms with Crippen LogP contribution in [0.5, 0.6) is 0 Å². The lowest BCUT2D eigenvalue weighted by Crippen LogP contribution is -2.33. The lowest BCUT2D eigenvalue weighted by atomic mass is 9.85. The number of nitrogens with zero attached hydrogens (tertiary/aromatic N) is 1. The molecule has 2 bridgehead atoms. The summed E-state index contributed by atoms with van der Waals surface area (Å²) >= 11 is 0. The van der Waals surface area contributed by atoms with Gasteiger partial charge < -0.3 is 0 Å². The van der Waals surface area contributed by atoms with E-state index < -0.39 is 46.8 Å². The molecule has 1 saturated carbocycles. The van der Waals surface area contributed by atoms with Crippen LogP contribution in [0, 0.1) is 41.1 Å². The van der Waals surface area contributed by atoms with Crippen LogP contribution in [0.25, 0.3) is 0 Å². The number of imide groups is 1. The van der Waals surface area contributed by atoms with E-state index >= 15 is 0 Å². The van der Waals surface area contributed by atoms with Crippen LogP contribution in [0.15, 0.2) is 24.3 Å². The minimum Gasteiger partial charge on any atom is -0.274 e. The van der Waals surface area contributed by atoms with Gasteiger partial charge in [-0.15, -0.1) is 0 Å². The average molecular weight is 293 g/mol. The van der Waals surface area contributed by atoms with Crippen molar-refractivity contribution in [3.8, 4) is 0 Å². The number of carbonyl (C=O) groups is 2. The van der Waals surface area contributed by atoms with Crippen LogP contribution in [0.4, 0.5) is 18.9 Å². The first kappa shape index (κ1) is 12.6. The van der Waals surface area contributed by atoms with Crippen LogP contribution in [-0.4, -0.2) is 11.8 Å². The van der Waals surface area contributed by atoms with Crippen molar-refractivity contribution in [1.29, 1.82) is 0 Å². The first-order chi connectivity index (χ1) is 10.0. The molecule has 21 heavy (non-hydrogen) atoms. The zero-order valence-electron chi connectivity index (χ0n) is 10.7. The van der Waals surface area contributed by atoms with Gasteiger partial charge in [-0.05, 0) is 30.4 Å². The third-order valence-electron chi connectivity index (χ3n) is 4.73. The predicted octanol–water partition coefficient (Wildman–Crippen LogP) is 2.42. The quantitative estimate of drug-likeness (QED) is 0.453. The fourth-order valence-corrected chi connectivity index (χ4v) is 3.83. The Morgan fingerprint density at radius 1 is 0.905 bits per heavy atom. The number of benzene rings is 1. The Kier molecular flexibility index (Phi) is 2.38. The van der Waals surface area contributed by atoms with E-state index in [9.17, 15) is 22.8 Å². The fourth-order valence-electron chi connectivity index (χ4n) is 3.83. The summed E-state index contributed by atoms with van der Waals surface area (Å²) in [5.41, 5.74) is -0.502. The van der Waals surface area contributed by atoms with Gasteiger partial charge >= 0.3 is 0 Å². The lowest BCUT2D eigenvalue weighted by molar-refractivity contribution is -0.123. The molecule has 3 nitrogen and oxygen atoms in total. The standard InChI is InChI=1S/C15H10F3NO2/c16-8-3-4-9(13(18)12(8)17)19-14(20)10-6-1-2-7(5-6)11(10)15(19)21/h1-4,6-7,10-11H,5H2/t6-,7+,10-,11+. The maximum absolute atomic E-state index is 13.9. The van der Waals surface area contributed by atoms with Crippen LogP contribution in [0.2, 0.25) is 0 Å². The highest BCUT2D eigenvalue weighted by atomic mass is 19.2. The summed E-state index contributed by atoms with van der Waals surface area (Å²) in [5.74, 6) is -6.61. The Balaban J connectivity index is 1.80. The molecule has 2 fully saturated rings. The molecule has 0 aromatic heterocycles. The van der Waals surface area contributed by atoms with E-state index in [-0.39, 0.29) is 11.8 Å². The molecule has 0 spiro atoms. The van der Waals surface area contributed by atoms with Crippen molar-refractivity contribution in [3.63, 3.8) is 0 Å². The van der Waals surface area contributed by atoms with Crippen molar-refractivity contribution >= 4 is 17.5 Å². The molecule has 1 aliphatic heterocycles. The summed E-state index contributed by atoms with van der Waals surface area (Å²) < 4.78 is 40.2. The van der Waals surface area contributed by atoms with E-state index in [1.54, 1.807) is 0 Å². The zero-order chi connectivity index (χ0) is 14.9. The van der Waals surface area contributed by atoms with Gasteiger partial charge in [-0.3, -0.25) is 9.59 Å². The van der Waals surface area contributed by atoms with Gasteiger partial charge in [-0.2, -0.15) is 0 Å². The zero-order valence-corrected chi connectivity index (χ0v) is 10.7. The van der Waals surface area contributed by atoms with Crippen molar-refractivity contribution < 1.29 is 22.8 Å². The molecule has 3 aliphatic rings. The van der Waals surface area contributed by atoms with Crippen molar-refractivity contribution in [1.82, 2.24) is 0 Å². The Bertz CT molecular complexity index is 685. The topological polar surface area (TPSA) is 37.4 Å². The number of allylic oxidation sites excluding steroid dienone is 2. The lowest BCUT2D eigenvalue weighted by Gasteiger charge is -2.18. The summed E-state index contributed by atoms with van der Waals surface area (Å²) in [6.07, 6.45) is 4.56. The van der Waals surface area contributed by atoms with Crippen LogP contribution < -0.4 is 4.90 Å². The number of hydrogen-bond acceptors (Lipinski definition) is 2. The van der Waals surface area contributed by atoms with E-state index in [1.165, 1.54) is 0 Å². The Hall–Kier alpha value is -2.11. The molecule has 0 N–H and O–H groups in total. The normalized spacial score (nSPS) is 33.2. The van der Waals surface area contributed by atoms with Gasteiger partial charge in [0, 0.05) is 0 Å². The Morgan fingerprint density at radius 2 is 1.48 bits per heavy atom. The van der Waals surface area contributed by atoms with Gasteiger partial charge in [0.25, 0.3) is 0 Å². The maximum Gasteiger partial charge on any atom is 0.238 e. The molecule has 1 saturated heterocycles. The second kappa shape index (κ2) is 3.96. The number of anilines is 1. The third-order valence-corrected chi connectivity index (χ3v) is 4.73. The van der Waals surface area contributed by atoms with Crippen molar-refractivity contribution in [2.45, 2.75) is 6.42 Å². The second-order valence-electron chi connectivity index (χ2n) is 5.71.